The fourth-order valence-electron chi connectivity index (χ4n) is 2.01. The maximum absolute atomic E-state index is 12.2. The lowest BCUT2D eigenvalue weighted by atomic mass is 10.1. The average molecular weight is 364 g/mol. The van der Waals surface area contributed by atoms with E-state index in [-0.39, 0.29) is 5.78 Å². The van der Waals surface area contributed by atoms with Crippen LogP contribution < -0.4 is 4.74 Å². The van der Waals surface area contributed by atoms with Crippen molar-refractivity contribution in [2.24, 2.45) is 0 Å². The summed E-state index contributed by atoms with van der Waals surface area (Å²) in [5, 5.41) is 0.848. The molecule has 24 heavy (non-hydrogen) atoms. The van der Waals surface area contributed by atoms with Gasteiger partial charge >= 0.3 is 0 Å². The third kappa shape index (κ3) is 5.68. The molecule has 0 N–H and O–H groups in total. The molecule has 0 heterocycles. The number of rotatable bonds is 7. The molecule has 3 nitrogen and oxygen atoms in total. The number of carbonyl (C=O) groups excluding carboxylic acids is 1. The molecule has 0 unspecified atom stereocenters. The number of ether oxygens (including phenoxy) is 1. The summed E-state index contributed by atoms with van der Waals surface area (Å²) in [4.78, 5) is 14.3. The highest BCUT2D eigenvalue weighted by Crippen LogP contribution is 2.22. The zero-order chi connectivity index (χ0) is 17.5. The molecule has 0 atom stereocenters. The van der Waals surface area contributed by atoms with Gasteiger partial charge in [-0.25, -0.2) is 0 Å². The molecule has 0 saturated carbocycles. The van der Waals surface area contributed by atoms with E-state index in [0.717, 1.165) is 17.9 Å². The molecule has 0 aliphatic carbocycles. The van der Waals surface area contributed by atoms with E-state index in [1.165, 1.54) is 6.08 Å². The van der Waals surface area contributed by atoms with Crippen LogP contribution in [-0.2, 0) is 0 Å². The quantitative estimate of drug-likeness (QED) is 0.521. The van der Waals surface area contributed by atoms with Gasteiger partial charge in [0.05, 0.1) is 5.02 Å². The highest BCUT2D eigenvalue weighted by atomic mass is 35.5. The average Bonchev–Trinajstić information content (AvgIpc) is 2.53. The van der Waals surface area contributed by atoms with Gasteiger partial charge in [0.15, 0.2) is 5.78 Å². The largest absolute Gasteiger partial charge is 0.492 e. The minimum atomic E-state index is -0.171. The maximum atomic E-state index is 12.2. The molecule has 0 aliphatic heterocycles. The van der Waals surface area contributed by atoms with Crippen molar-refractivity contribution in [3.8, 4) is 5.75 Å². The zero-order valence-electron chi connectivity index (χ0n) is 13.6. The fraction of sp³-hybridized carbons (Fsp3) is 0.211. The predicted octanol–water partition coefficient (Wildman–Crippen LogP) is 4.83. The summed E-state index contributed by atoms with van der Waals surface area (Å²) in [5.74, 6) is 0.603. The van der Waals surface area contributed by atoms with Crippen molar-refractivity contribution in [1.29, 1.82) is 0 Å². The molecular formula is C19H19Cl2NO2. The number of halogens is 2. The molecule has 0 amide bonds. The first-order valence-electron chi connectivity index (χ1n) is 7.51. The summed E-state index contributed by atoms with van der Waals surface area (Å²) in [6, 6.07) is 12.4. The van der Waals surface area contributed by atoms with E-state index in [9.17, 15) is 4.79 Å². The van der Waals surface area contributed by atoms with Crippen LogP contribution in [0.4, 0.5) is 0 Å². The molecule has 0 saturated heterocycles. The number of benzene rings is 2. The van der Waals surface area contributed by atoms with Gasteiger partial charge in [-0.1, -0.05) is 41.4 Å². The zero-order valence-corrected chi connectivity index (χ0v) is 15.1. The van der Waals surface area contributed by atoms with E-state index in [1.807, 2.05) is 38.4 Å². The van der Waals surface area contributed by atoms with Crippen molar-refractivity contribution < 1.29 is 9.53 Å². The number of hydrogen-bond donors (Lipinski definition) is 0. The van der Waals surface area contributed by atoms with E-state index < -0.39 is 0 Å². The van der Waals surface area contributed by atoms with Crippen molar-refractivity contribution in [2.75, 3.05) is 27.2 Å². The molecule has 126 valence electrons. The minimum absolute atomic E-state index is 0.171. The molecule has 0 aliphatic rings. The summed E-state index contributed by atoms with van der Waals surface area (Å²) in [6.45, 7) is 1.45. The highest BCUT2D eigenvalue weighted by Gasteiger charge is 2.07. The van der Waals surface area contributed by atoms with Gasteiger partial charge in [0.1, 0.15) is 12.4 Å². The van der Waals surface area contributed by atoms with Gasteiger partial charge in [0.25, 0.3) is 0 Å². The van der Waals surface area contributed by atoms with Gasteiger partial charge in [-0.2, -0.15) is 0 Å². The molecular weight excluding hydrogens is 345 g/mol. The SMILES string of the molecule is CN(C)CCOc1cccc(C=CC(=O)c2ccc(Cl)cc2Cl)c1. The smallest absolute Gasteiger partial charge is 0.187 e. The first kappa shape index (κ1) is 18.5. The summed E-state index contributed by atoms with van der Waals surface area (Å²) < 4.78 is 5.68. The van der Waals surface area contributed by atoms with E-state index in [1.54, 1.807) is 24.3 Å². The fourth-order valence-corrected chi connectivity index (χ4v) is 2.51. The van der Waals surface area contributed by atoms with E-state index in [2.05, 4.69) is 4.90 Å². The molecule has 5 heteroatoms. The van der Waals surface area contributed by atoms with Gasteiger partial charge in [0.2, 0.25) is 0 Å². The van der Waals surface area contributed by atoms with Crippen molar-refractivity contribution in [1.82, 2.24) is 4.90 Å². The third-order valence-corrected chi connectivity index (χ3v) is 3.84. The number of hydrogen-bond acceptors (Lipinski definition) is 3. The van der Waals surface area contributed by atoms with Crippen LogP contribution in [0.5, 0.6) is 5.75 Å². The van der Waals surface area contributed by atoms with Crippen LogP contribution in [0.3, 0.4) is 0 Å². The van der Waals surface area contributed by atoms with Crippen LogP contribution >= 0.6 is 23.2 Å². The van der Waals surface area contributed by atoms with Crippen LogP contribution in [0.15, 0.2) is 48.5 Å². The van der Waals surface area contributed by atoms with Crippen LogP contribution in [0.25, 0.3) is 6.08 Å². The molecule has 0 spiro atoms. The third-order valence-electron chi connectivity index (χ3n) is 3.29. The topological polar surface area (TPSA) is 29.5 Å². The number of carbonyl (C=O) groups is 1. The van der Waals surface area contributed by atoms with Crippen molar-refractivity contribution in [3.05, 3.63) is 69.7 Å². The molecule has 0 aromatic heterocycles. The Bertz CT molecular complexity index is 742. The lowest BCUT2D eigenvalue weighted by Crippen LogP contribution is -2.19. The van der Waals surface area contributed by atoms with Gasteiger partial charge in [0, 0.05) is 17.1 Å². The lowest BCUT2D eigenvalue weighted by molar-refractivity contribution is 0.104. The summed E-state index contributed by atoms with van der Waals surface area (Å²) >= 11 is 11.9. The van der Waals surface area contributed by atoms with Crippen LogP contribution in [0, 0.1) is 0 Å². The summed E-state index contributed by atoms with van der Waals surface area (Å²) in [6.07, 6.45) is 3.24. The number of allylic oxidation sites excluding steroid dienone is 1. The molecule has 0 radical (unpaired) electrons. The maximum Gasteiger partial charge on any atom is 0.187 e. The Kier molecular flexibility index (Phi) is 6.85. The van der Waals surface area contributed by atoms with E-state index in [4.69, 9.17) is 27.9 Å². The number of ketones is 1. The first-order chi connectivity index (χ1) is 11.5. The molecule has 0 fully saturated rings. The van der Waals surface area contributed by atoms with Gasteiger partial charge in [-0.3, -0.25) is 4.79 Å². The van der Waals surface area contributed by atoms with Crippen LogP contribution in [0.1, 0.15) is 15.9 Å². The van der Waals surface area contributed by atoms with Gasteiger partial charge in [-0.15, -0.1) is 0 Å². The Morgan fingerprint density at radius 2 is 1.96 bits per heavy atom. The number of nitrogens with zero attached hydrogens (tertiary/aromatic N) is 1. The molecule has 2 rings (SSSR count). The Hall–Kier alpha value is -1.81. The second-order valence-corrected chi connectivity index (χ2v) is 6.39. The van der Waals surface area contributed by atoms with Crippen molar-refractivity contribution in [2.45, 2.75) is 0 Å². The standard InChI is InChI=1S/C19H19Cl2NO2/c1-22(2)10-11-24-16-5-3-4-14(12-16)6-9-19(23)17-8-7-15(20)13-18(17)21/h3-9,12-13H,10-11H2,1-2H3. The summed E-state index contributed by atoms with van der Waals surface area (Å²) in [7, 11) is 3.99. The van der Waals surface area contributed by atoms with Crippen molar-refractivity contribution in [3.63, 3.8) is 0 Å². The minimum Gasteiger partial charge on any atom is -0.492 e. The first-order valence-corrected chi connectivity index (χ1v) is 8.26. The second kappa shape index (κ2) is 8.88. The Labute approximate surface area is 152 Å². The van der Waals surface area contributed by atoms with Crippen LogP contribution in [-0.4, -0.2) is 37.9 Å². The van der Waals surface area contributed by atoms with Gasteiger partial charge in [-0.05, 0) is 56.1 Å². The van der Waals surface area contributed by atoms with Gasteiger partial charge < -0.3 is 9.64 Å². The molecule has 2 aromatic carbocycles. The second-order valence-electron chi connectivity index (χ2n) is 5.55. The molecule has 2 aromatic rings. The van der Waals surface area contributed by atoms with Crippen molar-refractivity contribution >= 4 is 35.1 Å². The Balaban J connectivity index is 2.04. The Morgan fingerprint density at radius 1 is 1.17 bits per heavy atom. The van der Waals surface area contributed by atoms with E-state index >= 15 is 0 Å². The predicted molar refractivity (Wildman–Crippen MR) is 100 cm³/mol. The summed E-state index contributed by atoms with van der Waals surface area (Å²) in [5.41, 5.74) is 1.31. The monoisotopic (exact) mass is 363 g/mol. The van der Waals surface area contributed by atoms with E-state index in [0.29, 0.717) is 22.2 Å². The Morgan fingerprint density at radius 3 is 2.67 bits per heavy atom. The van der Waals surface area contributed by atoms with Crippen LogP contribution in [0.2, 0.25) is 10.0 Å². The normalized spacial score (nSPS) is 11.2. The number of likely N-dealkylation sites (N-methyl/N-ethyl adjacent to an activating group) is 1. The molecule has 0 bridgehead atoms. The lowest BCUT2D eigenvalue weighted by Gasteiger charge is -2.11. The highest BCUT2D eigenvalue weighted by molar-refractivity contribution is 6.37.